The van der Waals surface area contributed by atoms with Gasteiger partial charge in [-0.3, -0.25) is 0 Å². The van der Waals surface area contributed by atoms with Crippen LogP contribution in [0.25, 0.3) is 0 Å². The summed E-state index contributed by atoms with van der Waals surface area (Å²) in [5, 5.41) is 0. The first-order valence-electron chi connectivity index (χ1n) is 8.93. The normalized spacial score (nSPS) is 11.1. The average molecular weight is 269 g/mol. The Morgan fingerprint density at radius 3 is 1.47 bits per heavy atom. The third kappa shape index (κ3) is 18.0. The minimum absolute atomic E-state index is 0.860. The second-order valence-electron chi connectivity index (χ2n) is 5.90. The lowest BCUT2D eigenvalue weighted by Gasteiger charge is -2.03. The zero-order chi connectivity index (χ0) is 14.0. The van der Waals surface area contributed by atoms with E-state index in [9.17, 15) is 0 Å². The second-order valence-corrected chi connectivity index (χ2v) is 5.90. The molecule has 0 heterocycles. The molecule has 1 radical (unpaired) electrons. The van der Waals surface area contributed by atoms with Gasteiger partial charge in [0.15, 0.2) is 0 Å². The second kappa shape index (κ2) is 18.0. The largest absolute Gasteiger partial charge is 0.330 e. The van der Waals surface area contributed by atoms with Crippen LogP contribution in [0.15, 0.2) is 0 Å². The van der Waals surface area contributed by atoms with E-state index in [1.165, 1.54) is 96.3 Å². The van der Waals surface area contributed by atoms with Crippen LogP contribution in [-0.4, -0.2) is 6.54 Å². The first-order valence-corrected chi connectivity index (χ1v) is 8.93. The van der Waals surface area contributed by atoms with Crippen LogP contribution in [0.2, 0.25) is 0 Å². The minimum atomic E-state index is 0.860. The van der Waals surface area contributed by atoms with Crippen LogP contribution >= 0.6 is 0 Å². The molecule has 0 aliphatic heterocycles. The molecule has 0 saturated carbocycles. The maximum atomic E-state index is 5.47. The van der Waals surface area contributed by atoms with E-state index in [2.05, 4.69) is 13.3 Å². The van der Waals surface area contributed by atoms with Gasteiger partial charge in [0.25, 0.3) is 0 Å². The molecule has 1 heteroatoms. The maximum Gasteiger partial charge on any atom is -0.00773 e. The first kappa shape index (κ1) is 19.0. The molecule has 0 amide bonds. The molecule has 0 atom stereocenters. The topological polar surface area (TPSA) is 26.0 Å². The van der Waals surface area contributed by atoms with E-state index in [0.29, 0.717) is 0 Å². The van der Waals surface area contributed by atoms with E-state index >= 15 is 0 Å². The monoisotopic (exact) mass is 268 g/mol. The predicted molar refractivity (Wildman–Crippen MR) is 88.3 cm³/mol. The third-order valence-corrected chi connectivity index (χ3v) is 3.87. The summed E-state index contributed by atoms with van der Waals surface area (Å²) < 4.78 is 0. The molecular weight excluding hydrogens is 230 g/mol. The van der Waals surface area contributed by atoms with Gasteiger partial charge in [-0.25, -0.2) is 0 Å². The lowest BCUT2D eigenvalue weighted by Crippen LogP contribution is -1.97. The van der Waals surface area contributed by atoms with Gasteiger partial charge in [0.1, 0.15) is 0 Å². The smallest absolute Gasteiger partial charge is 0.00773 e. The van der Waals surface area contributed by atoms with Crippen molar-refractivity contribution >= 4 is 0 Å². The van der Waals surface area contributed by atoms with Crippen molar-refractivity contribution in [3.05, 3.63) is 6.42 Å². The highest BCUT2D eigenvalue weighted by atomic mass is 14.5. The Kier molecular flexibility index (Phi) is 17.9. The van der Waals surface area contributed by atoms with Crippen molar-refractivity contribution in [3.63, 3.8) is 0 Å². The summed E-state index contributed by atoms with van der Waals surface area (Å²) in [5.41, 5.74) is 5.47. The summed E-state index contributed by atoms with van der Waals surface area (Å²) in [6, 6.07) is 0. The van der Waals surface area contributed by atoms with Crippen molar-refractivity contribution in [1.29, 1.82) is 0 Å². The molecule has 115 valence electrons. The number of hydrogen-bond donors (Lipinski definition) is 1. The summed E-state index contributed by atoms with van der Waals surface area (Å²) in [6.45, 7) is 3.15. The van der Waals surface area contributed by atoms with E-state index in [0.717, 1.165) is 6.54 Å². The van der Waals surface area contributed by atoms with E-state index in [-0.39, 0.29) is 0 Å². The van der Waals surface area contributed by atoms with Crippen molar-refractivity contribution in [2.24, 2.45) is 5.73 Å². The molecule has 0 rings (SSSR count). The number of unbranched alkanes of at least 4 members (excludes halogenated alkanes) is 15. The lowest BCUT2D eigenvalue weighted by atomic mass is 10.0. The zero-order valence-corrected chi connectivity index (χ0v) is 13.5. The quantitative estimate of drug-likeness (QED) is 0.340. The summed E-state index contributed by atoms with van der Waals surface area (Å²) in [5.74, 6) is 0. The van der Waals surface area contributed by atoms with Gasteiger partial charge < -0.3 is 5.73 Å². The van der Waals surface area contributed by atoms with E-state index in [4.69, 9.17) is 5.73 Å². The Bertz CT molecular complexity index is 129. The van der Waals surface area contributed by atoms with Crippen LogP contribution in [0.1, 0.15) is 103 Å². The molecule has 0 spiro atoms. The van der Waals surface area contributed by atoms with Gasteiger partial charge in [-0.15, -0.1) is 0 Å². The zero-order valence-electron chi connectivity index (χ0n) is 13.5. The molecule has 0 bridgehead atoms. The van der Waals surface area contributed by atoms with Crippen molar-refractivity contribution in [2.45, 2.75) is 103 Å². The third-order valence-electron chi connectivity index (χ3n) is 3.87. The SMILES string of the molecule is CCCCCCCCCCCC[CH]CCCCCN. The summed E-state index contributed by atoms with van der Waals surface area (Å²) in [4.78, 5) is 0. The lowest BCUT2D eigenvalue weighted by molar-refractivity contribution is 0.552. The maximum absolute atomic E-state index is 5.47. The highest BCUT2D eigenvalue weighted by Gasteiger charge is 1.94. The molecule has 1 nitrogen and oxygen atoms in total. The summed E-state index contributed by atoms with van der Waals surface area (Å²) in [6.07, 6.45) is 23.4. The standard InChI is InChI=1S/C18H38N/c1-2-3-4-5-6-7-8-9-10-11-12-13-14-15-16-17-18-19/h13H,2-12,14-19H2,1H3. The van der Waals surface area contributed by atoms with Gasteiger partial charge in [0, 0.05) is 0 Å². The van der Waals surface area contributed by atoms with Gasteiger partial charge in [-0.2, -0.15) is 0 Å². The number of hydrogen-bond acceptors (Lipinski definition) is 1. The van der Waals surface area contributed by atoms with Crippen molar-refractivity contribution in [3.8, 4) is 0 Å². The Morgan fingerprint density at radius 1 is 0.579 bits per heavy atom. The fourth-order valence-corrected chi connectivity index (χ4v) is 2.53. The Balaban J connectivity index is 2.88. The summed E-state index contributed by atoms with van der Waals surface area (Å²) >= 11 is 0. The molecule has 2 N–H and O–H groups in total. The van der Waals surface area contributed by atoms with Gasteiger partial charge in [-0.05, 0) is 19.4 Å². The fraction of sp³-hybridized carbons (Fsp3) is 0.944. The van der Waals surface area contributed by atoms with Crippen molar-refractivity contribution in [1.82, 2.24) is 0 Å². The molecular formula is C18H38N. The fourth-order valence-electron chi connectivity index (χ4n) is 2.53. The molecule has 0 aliphatic rings. The van der Waals surface area contributed by atoms with Crippen LogP contribution in [0.3, 0.4) is 0 Å². The predicted octanol–water partition coefficient (Wildman–Crippen LogP) is 6.02. The molecule has 0 aromatic rings. The van der Waals surface area contributed by atoms with E-state index < -0.39 is 0 Å². The molecule has 0 aromatic heterocycles. The van der Waals surface area contributed by atoms with Gasteiger partial charge in [0.05, 0.1) is 0 Å². The van der Waals surface area contributed by atoms with Crippen LogP contribution in [0.4, 0.5) is 0 Å². The minimum Gasteiger partial charge on any atom is -0.330 e. The van der Waals surface area contributed by atoms with Crippen LogP contribution < -0.4 is 5.73 Å². The average Bonchev–Trinajstić information content (AvgIpc) is 2.43. The molecule has 0 aliphatic carbocycles. The molecule has 0 unspecified atom stereocenters. The molecule has 19 heavy (non-hydrogen) atoms. The van der Waals surface area contributed by atoms with Crippen LogP contribution in [-0.2, 0) is 0 Å². The highest BCUT2D eigenvalue weighted by Crippen LogP contribution is 2.13. The van der Waals surface area contributed by atoms with Crippen molar-refractivity contribution < 1.29 is 0 Å². The Labute approximate surface area is 122 Å². The van der Waals surface area contributed by atoms with Crippen LogP contribution in [0, 0.1) is 6.42 Å². The number of rotatable bonds is 16. The molecule has 0 saturated heterocycles. The Hall–Kier alpha value is -0.0400. The van der Waals surface area contributed by atoms with Gasteiger partial charge >= 0.3 is 0 Å². The Morgan fingerprint density at radius 2 is 1.00 bits per heavy atom. The van der Waals surface area contributed by atoms with Gasteiger partial charge in [0.2, 0.25) is 0 Å². The highest BCUT2D eigenvalue weighted by molar-refractivity contribution is 4.64. The number of nitrogens with two attached hydrogens (primary N) is 1. The molecule has 0 aromatic carbocycles. The molecule has 0 fully saturated rings. The van der Waals surface area contributed by atoms with Gasteiger partial charge in [-0.1, -0.05) is 96.8 Å². The van der Waals surface area contributed by atoms with E-state index in [1.807, 2.05) is 0 Å². The summed E-state index contributed by atoms with van der Waals surface area (Å²) in [7, 11) is 0. The van der Waals surface area contributed by atoms with Crippen LogP contribution in [0.5, 0.6) is 0 Å². The van der Waals surface area contributed by atoms with E-state index in [1.54, 1.807) is 0 Å². The van der Waals surface area contributed by atoms with Crippen molar-refractivity contribution in [2.75, 3.05) is 6.54 Å². The first-order chi connectivity index (χ1) is 9.41.